The first-order valence-corrected chi connectivity index (χ1v) is 11.5. The third-order valence-electron chi connectivity index (χ3n) is 6.24. The van der Waals surface area contributed by atoms with Crippen LogP contribution in [0.4, 0.5) is 11.4 Å². The summed E-state index contributed by atoms with van der Waals surface area (Å²) in [6.45, 7) is 6.66. The SMILES string of the molecule is CCn1c2ccccc2c2cc(NC(=O)C(C)CCC(=O)Nc3ccc(C#N)c(C)c3)ccc21. The topological polar surface area (TPSA) is 86.9 Å². The molecular weight excluding hydrogens is 424 g/mol. The fraction of sp³-hybridized carbons (Fsp3) is 0.250. The van der Waals surface area contributed by atoms with E-state index >= 15 is 0 Å². The molecule has 0 saturated carbocycles. The van der Waals surface area contributed by atoms with Crippen molar-refractivity contribution in [1.82, 2.24) is 4.57 Å². The summed E-state index contributed by atoms with van der Waals surface area (Å²) in [4.78, 5) is 25.1. The van der Waals surface area contributed by atoms with Gasteiger partial charge < -0.3 is 15.2 Å². The van der Waals surface area contributed by atoms with Crippen molar-refractivity contribution >= 4 is 45.0 Å². The highest BCUT2D eigenvalue weighted by atomic mass is 16.2. The Hall–Kier alpha value is -4.11. The Labute approximate surface area is 199 Å². The number of nitrogens with zero attached hydrogens (tertiary/aromatic N) is 2. The van der Waals surface area contributed by atoms with Gasteiger partial charge in [-0.05, 0) is 68.3 Å². The van der Waals surface area contributed by atoms with Crippen LogP contribution in [-0.4, -0.2) is 16.4 Å². The summed E-state index contributed by atoms with van der Waals surface area (Å²) in [5.41, 5.74) is 5.12. The number of aryl methyl sites for hydroxylation is 2. The van der Waals surface area contributed by atoms with E-state index in [9.17, 15) is 9.59 Å². The highest BCUT2D eigenvalue weighted by molar-refractivity contribution is 6.09. The number of hydrogen-bond donors (Lipinski definition) is 2. The van der Waals surface area contributed by atoms with Gasteiger partial charge in [-0.1, -0.05) is 25.1 Å². The largest absolute Gasteiger partial charge is 0.341 e. The Bertz CT molecular complexity index is 1430. The molecule has 2 N–H and O–H groups in total. The lowest BCUT2D eigenvalue weighted by Crippen LogP contribution is -2.22. The van der Waals surface area contributed by atoms with Crippen LogP contribution in [0.3, 0.4) is 0 Å². The molecule has 0 fully saturated rings. The van der Waals surface area contributed by atoms with Crippen molar-refractivity contribution in [2.45, 2.75) is 40.2 Å². The lowest BCUT2D eigenvalue weighted by Gasteiger charge is -2.13. The quantitative estimate of drug-likeness (QED) is 0.361. The molecular formula is C28H28N4O2. The molecule has 3 aromatic carbocycles. The molecule has 0 radical (unpaired) electrons. The summed E-state index contributed by atoms with van der Waals surface area (Å²) in [5.74, 6) is -0.584. The first-order chi connectivity index (χ1) is 16.4. The molecule has 1 heterocycles. The maximum atomic E-state index is 12.8. The van der Waals surface area contributed by atoms with E-state index in [1.807, 2.05) is 44.2 Å². The van der Waals surface area contributed by atoms with Crippen molar-refractivity contribution in [2.75, 3.05) is 10.6 Å². The summed E-state index contributed by atoms with van der Waals surface area (Å²) in [6.07, 6.45) is 0.668. The molecule has 0 bridgehead atoms. The zero-order chi connectivity index (χ0) is 24.2. The maximum absolute atomic E-state index is 12.8. The minimum atomic E-state index is -0.318. The fourth-order valence-corrected chi connectivity index (χ4v) is 4.31. The Morgan fingerprint density at radius 3 is 2.41 bits per heavy atom. The minimum absolute atomic E-state index is 0.111. The van der Waals surface area contributed by atoms with E-state index in [1.54, 1.807) is 18.2 Å². The molecule has 0 saturated heterocycles. The smallest absolute Gasteiger partial charge is 0.227 e. The van der Waals surface area contributed by atoms with E-state index < -0.39 is 0 Å². The number of carbonyl (C=O) groups excluding carboxylic acids is 2. The molecule has 0 aliphatic rings. The average molecular weight is 453 g/mol. The first-order valence-electron chi connectivity index (χ1n) is 11.5. The van der Waals surface area contributed by atoms with E-state index in [2.05, 4.69) is 40.3 Å². The highest BCUT2D eigenvalue weighted by Crippen LogP contribution is 2.31. The predicted molar refractivity (Wildman–Crippen MR) is 137 cm³/mol. The summed E-state index contributed by atoms with van der Waals surface area (Å²) in [6, 6.07) is 21.6. The predicted octanol–water partition coefficient (Wildman–Crippen LogP) is 5.99. The zero-order valence-corrected chi connectivity index (χ0v) is 19.7. The van der Waals surface area contributed by atoms with Gasteiger partial charge in [0.15, 0.2) is 0 Å². The summed E-state index contributed by atoms with van der Waals surface area (Å²) < 4.78 is 2.27. The van der Waals surface area contributed by atoms with E-state index in [-0.39, 0.29) is 24.2 Å². The van der Waals surface area contributed by atoms with Crippen molar-refractivity contribution in [3.05, 3.63) is 71.8 Å². The lowest BCUT2D eigenvalue weighted by atomic mass is 10.0. The Morgan fingerprint density at radius 2 is 1.68 bits per heavy atom. The summed E-state index contributed by atoms with van der Waals surface area (Å²) >= 11 is 0. The normalized spacial score (nSPS) is 11.8. The molecule has 1 aromatic heterocycles. The van der Waals surface area contributed by atoms with Crippen LogP contribution in [-0.2, 0) is 16.1 Å². The van der Waals surface area contributed by atoms with Crippen molar-refractivity contribution < 1.29 is 9.59 Å². The van der Waals surface area contributed by atoms with Gasteiger partial charge in [-0.15, -0.1) is 0 Å². The number of carbonyl (C=O) groups is 2. The molecule has 0 aliphatic heterocycles. The number of nitriles is 1. The van der Waals surface area contributed by atoms with Crippen LogP contribution in [0.2, 0.25) is 0 Å². The van der Waals surface area contributed by atoms with Crippen LogP contribution >= 0.6 is 0 Å². The minimum Gasteiger partial charge on any atom is -0.341 e. The second-order valence-electron chi connectivity index (χ2n) is 8.61. The van der Waals surface area contributed by atoms with Crippen molar-refractivity contribution in [3.63, 3.8) is 0 Å². The fourth-order valence-electron chi connectivity index (χ4n) is 4.31. The number of fused-ring (bicyclic) bond motifs is 3. The van der Waals surface area contributed by atoms with Crippen LogP contribution < -0.4 is 10.6 Å². The third kappa shape index (κ3) is 4.65. The second-order valence-corrected chi connectivity index (χ2v) is 8.61. The molecule has 0 aliphatic carbocycles. The molecule has 0 spiro atoms. The van der Waals surface area contributed by atoms with E-state index in [0.717, 1.165) is 28.7 Å². The number of para-hydroxylation sites is 1. The molecule has 34 heavy (non-hydrogen) atoms. The molecule has 6 heteroatoms. The van der Waals surface area contributed by atoms with Crippen LogP contribution in [0.25, 0.3) is 21.8 Å². The maximum Gasteiger partial charge on any atom is 0.227 e. The van der Waals surface area contributed by atoms with Crippen molar-refractivity contribution in [2.24, 2.45) is 5.92 Å². The van der Waals surface area contributed by atoms with Gasteiger partial charge in [0.2, 0.25) is 11.8 Å². The molecule has 4 aromatic rings. The van der Waals surface area contributed by atoms with Crippen molar-refractivity contribution in [1.29, 1.82) is 5.26 Å². The third-order valence-corrected chi connectivity index (χ3v) is 6.24. The molecule has 4 rings (SSSR count). The van der Waals surface area contributed by atoms with Gasteiger partial charge in [0.25, 0.3) is 0 Å². The number of hydrogen-bond acceptors (Lipinski definition) is 3. The molecule has 1 atom stereocenters. The van der Waals surface area contributed by atoms with Gasteiger partial charge in [-0.2, -0.15) is 5.26 Å². The Balaban J connectivity index is 1.39. The van der Waals surface area contributed by atoms with E-state index in [0.29, 0.717) is 17.7 Å². The number of nitrogens with one attached hydrogen (secondary N) is 2. The molecule has 2 amide bonds. The van der Waals surface area contributed by atoms with Crippen LogP contribution in [0.5, 0.6) is 0 Å². The number of anilines is 2. The Morgan fingerprint density at radius 1 is 0.971 bits per heavy atom. The zero-order valence-electron chi connectivity index (χ0n) is 19.7. The molecule has 172 valence electrons. The van der Waals surface area contributed by atoms with E-state index in [1.165, 1.54) is 10.9 Å². The van der Waals surface area contributed by atoms with Gasteiger partial charge in [0.1, 0.15) is 0 Å². The molecule has 1 unspecified atom stereocenters. The van der Waals surface area contributed by atoms with Gasteiger partial charge in [0, 0.05) is 52.1 Å². The standard InChI is InChI=1S/C28H28N4O2/c1-4-32-25-8-6-5-7-23(25)24-16-22(12-13-26(24)32)31-28(34)18(2)9-14-27(33)30-21-11-10-20(17-29)19(3)15-21/h5-8,10-13,15-16,18H,4,9,14H2,1-3H3,(H,30,33)(H,31,34). The van der Waals surface area contributed by atoms with Gasteiger partial charge in [0.05, 0.1) is 11.6 Å². The van der Waals surface area contributed by atoms with Crippen LogP contribution in [0.15, 0.2) is 60.7 Å². The van der Waals surface area contributed by atoms with Crippen LogP contribution in [0.1, 0.15) is 37.8 Å². The second kappa shape index (κ2) is 9.80. The van der Waals surface area contributed by atoms with Crippen molar-refractivity contribution in [3.8, 4) is 6.07 Å². The van der Waals surface area contributed by atoms with Gasteiger partial charge in [-0.25, -0.2) is 0 Å². The first kappa shape index (κ1) is 23.1. The lowest BCUT2D eigenvalue weighted by molar-refractivity contribution is -0.120. The average Bonchev–Trinajstić information content (AvgIpc) is 3.15. The van der Waals surface area contributed by atoms with Gasteiger partial charge in [-0.3, -0.25) is 9.59 Å². The number of amides is 2. The number of benzene rings is 3. The molecule has 6 nitrogen and oxygen atoms in total. The number of aromatic nitrogens is 1. The van der Waals surface area contributed by atoms with Gasteiger partial charge >= 0.3 is 0 Å². The monoisotopic (exact) mass is 452 g/mol. The summed E-state index contributed by atoms with van der Waals surface area (Å²) in [7, 11) is 0. The van der Waals surface area contributed by atoms with E-state index in [4.69, 9.17) is 5.26 Å². The highest BCUT2D eigenvalue weighted by Gasteiger charge is 2.16. The Kier molecular flexibility index (Phi) is 6.65. The van der Waals surface area contributed by atoms with Crippen LogP contribution in [0, 0.1) is 24.2 Å². The number of rotatable bonds is 7. The summed E-state index contributed by atoms with van der Waals surface area (Å²) in [5, 5.41) is 17.2.